The predicted octanol–water partition coefficient (Wildman–Crippen LogP) is 3.17. The van der Waals surface area contributed by atoms with Gasteiger partial charge in [0.15, 0.2) is 11.5 Å². The molecule has 3 aromatic heterocycles. The number of pyridine rings is 2. The zero-order valence-electron chi connectivity index (χ0n) is 14.6. The van der Waals surface area contributed by atoms with Gasteiger partial charge in [0.05, 0.1) is 12.2 Å². The summed E-state index contributed by atoms with van der Waals surface area (Å²) in [6, 6.07) is 13.4. The summed E-state index contributed by atoms with van der Waals surface area (Å²) < 4.78 is 1.99. The molecule has 3 heterocycles. The van der Waals surface area contributed by atoms with Crippen LogP contribution in [0.4, 0.5) is 5.82 Å². The molecule has 4 rings (SSSR count). The SMILES string of the molecule is Cc1cc(C)c2nc(-c3cccnc3N)n(-c3ccc(CO)cc3)c2n1. The highest BCUT2D eigenvalue weighted by molar-refractivity contribution is 5.84. The maximum Gasteiger partial charge on any atom is 0.165 e. The highest BCUT2D eigenvalue weighted by atomic mass is 16.3. The van der Waals surface area contributed by atoms with E-state index in [1.807, 2.05) is 60.9 Å². The first-order chi connectivity index (χ1) is 12.6. The lowest BCUT2D eigenvalue weighted by Gasteiger charge is -2.11. The van der Waals surface area contributed by atoms with Crippen molar-refractivity contribution in [3.05, 3.63) is 65.5 Å². The Balaban J connectivity index is 2.07. The van der Waals surface area contributed by atoms with Crippen LogP contribution in [0.15, 0.2) is 48.7 Å². The van der Waals surface area contributed by atoms with Gasteiger partial charge in [-0.05, 0) is 55.3 Å². The summed E-state index contributed by atoms with van der Waals surface area (Å²) in [5.41, 5.74) is 12.2. The van der Waals surface area contributed by atoms with Gasteiger partial charge in [-0.3, -0.25) is 4.57 Å². The molecule has 6 nitrogen and oxygen atoms in total. The molecule has 0 atom stereocenters. The van der Waals surface area contributed by atoms with Crippen LogP contribution in [0.1, 0.15) is 16.8 Å². The molecule has 0 fully saturated rings. The van der Waals surface area contributed by atoms with Crippen molar-refractivity contribution in [2.45, 2.75) is 20.5 Å². The van der Waals surface area contributed by atoms with Crippen LogP contribution in [-0.2, 0) is 6.61 Å². The third-order valence-electron chi connectivity index (χ3n) is 4.39. The van der Waals surface area contributed by atoms with Gasteiger partial charge >= 0.3 is 0 Å². The van der Waals surface area contributed by atoms with Crippen molar-refractivity contribution >= 4 is 17.0 Å². The van der Waals surface area contributed by atoms with Crippen LogP contribution in [0.25, 0.3) is 28.2 Å². The smallest absolute Gasteiger partial charge is 0.165 e. The second-order valence-corrected chi connectivity index (χ2v) is 6.28. The van der Waals surface area contributed by atoms with Crippen LogP contribution in [0.5, 0.6) is 0 Å². The molecule has 0 saturated heterocycles. The molecule has 4 aromatic rings. The molecule has 0 saturated carbocycles. The Kier molecular flexibility index (Phi) is 3.89. The molecule has 0 radical (unpaired) electrons. The van der Waals surface area contributed by atoms with Crippen molar-refractivity contribution in [3.63, 3.8) is 0 Å². The molecule has 1 aromatic carbocycles. The quantitative estimate of drug-likeness (QED) is 0.595. The summed E-state index contributed by atoms with van der Waals surface area (Å²) in [4.78, 5) is 13.8. The summed E-state index contributed by atoms with van der Waals surface area (Å²) in [6.07, 6.45) is 1.66. The normalized spacial score (nSPS) is 11.2. The van der Waals surface area contributed by atoms with Gasteiger partial charge in [0.2, 0.25) is 0 Å². The zero-order chi connectivity index (χ0) is 18.3. The molecule has 130 valence electrons. The molecule has 0 aliphatic carbocycles. The number of hydrogen-bond donors (Lipinski definition) is 2. The molecule has 3 N–H and O–H groups in total. The summed E-state index contributed by atoms with van der Waals surface area (Å²) >= 11 is 0. The van der Waals surface area contributed by atoms with Crippen molar-refractivity contribution in [3.8, 4) is 17.1 Å². The van der Waals surface area contributed by atoms with Gasteiger partial charge in [0.25, 0.3) is 0 Å². The lowest BCUT2D eigenvalue weighted by molar-refractivity contribution is 0.282. The Labute approximate surface area is 151 Å². The zero-order valence-corrected chi connectivity index (χ0v) is 14.6. The second-order valence-electron chi connectivity index (χ2n) is 6.28. The molecule has 0 spiro atoms. The van der Waals surface area contributed by atoms with E-state index in [0.717, 1.165) is 39.2 Å². The van der Waals surface area contributed by atoms with E-state index in [1.165, 1.54) is 0 Å². The average molecular weight is 345 g/mol. The number of aliphatic hydroxyl groups excluding tert-OH is 1. The minimum atomic E-state index is 0.00380. The van der Waals surface area contributed by atoms with Gasteiger partial charge in [-0.15, -0.1) is 0 Å². The number of imidazole rings is 1. The van der Waals surface area contributed by atoms with E-state index in [-0.39, 0.29) is 6.61 Å². The van der Waals surface area contributed by atoms with Crippen molar-refractivity contribution in [1.82, 2.24) is 19.5 Å². The van der Waals surface area contributed by atoms with E-state index in [9.17, 15) is 5.11 Å². The largest absolute Gasteiger partial charge is 0.392 e. The maximum atomic E-state index is 9.32. The third kappa shape index (κ3) is 2.60. The average Bonchev–Trinajstić information content (AvgIpc) is 3.01. The van der Waals surface area contributed by atoms with Gasteiger partial charge in [-0.25, -0.2) is 15.0 Å². The number of nitrogen functional groups attached to an aromatic ring is 1. The number of aromatic nitrogens is 4. The maximum absolute atomic E-state index is 9.32. The fraction of sp³-hybridized carbons (Fsp3) is 0.150. The Bertz CT molecular complexity index is 1100. The third-order valence-corrected chi connectivity index (χ3v) is 4.39. The molecule has 0 unspecified atom stereocenters. The van der Waals surface area contributed by atoms with Crippen LogP contribution in [0, 0.1) is 13.8 Å². The standard InChI is InChI=1S/C20H19N5O/c1-12-10-13(2)23-20-17(12)24-19(16-4-3-9-22-18(16)21)25(20)15-7-5-14(11-26)6-8-15/h3-10,26H,11H2,1-2H3,(H2,21,22). The molecular formula is C20H19N5O. The molecule has 0 bridgehead atoms. The van der Waals surface area contributed by atoms with Gasteiger partial charge in [0, 0.05) is 17.6 Å². The predicted molar refractivity (Wildman–Crippen MR) is 102 cm³/mol. The molecule has 6 heteroatoms. The topological polar surface area (TPSA) is 89.8 Å². The number of rotatable bonds is 3. The molecule has 0 amide bonds. The van der Waals surface area contributed by atoms with Gasteiger partial charge in [0.1, 0.15) is 11.3 Å². The first-order valence-electron chi connectivity index (χ1n) is 8.36. The van der Waals surface area contributed by atoms with E-state index in [2.05, 4.69) is 4.98 Å². The number of benzene rings is 1. The summed E-state index contributed by atoms with van der Waals surface area (Å²) in [5, 5.41) is 9.32. The van der Waals surface area contributed by atoms with E-state index >= 15 is 0 Å². The Hall–Kier alpha value is -3.25. The van der Waals surface area contributed by atoms with Gasteiger partial charge < -0.3 is 10.8 Å². The molecule has 0 aliphatic rings. The van der Waals surface area contributed by atoms with Crippen molar-refractivity contribution in [2.75, 3.05) is 5.73 Å². The fourth-order valence-corrected chi connectivity index (χ4v) is 3.14. The number of aryl methyl sites for hydroxylation is 2. The van der Waals surface area contributed by atoms with Crippen LogP contribution in [-0.4, -0.2) is 24.6 Å². The Morgan fingerprint density at radius 1 is 1.08 bits per heavy atom. The van der Waals surface area contributed by atoms with Gasteiger partial charge in [-0.1, -0.05) is 12.1 Å². The molecule has 26 heavy (non-hydrogen) atoms. The number of nitrogens with zero attached hydrogens (tertiary/aromatic N) is 4. The summed E-state index contributed by atoms with van der Waals surface area (Å²) in [7, 11) is 0. The van der Waals surface area contributed by atoms with E-state index in [4.69, 9.17) is 15.7 Å². The Morgan fingerprint density at radius 2 is 1.85 bits per heavy atom. The number of anilines is 1. The highest BCUT2D eigenvalue weighted by Gasteiger charge is 2.19. The lowest BCUT2D eigenvalue weighted by Crippen LogP contribution is -2.02. The fourth-order valence-electron chi connectivity index (χ4n) is 3.14. The number of aliphatic hydroxyl groups is 1. The summed E-state index contributed by atoms with van der Waals surface area (Å²) in [6.45, 7) is 4.00. The van der Waals surface area contributed by atoms with E-state index < -0.39 is 0 Å². The van der Waals surface area contributed by atoms with Crippen molar-refractivity contribution in [2.24, 2.45) is 0 Å². The monoisotopic (exact) mass is 345 g/mol. The molecule has 0 aliphatic heterocycles. The summed E-state index contributed by atoms with van der Waals surface area (Å²) in [5.74, 6) is 1.12. The van der Waals surface area contributed by atoms with Crippen molar-refractivity contribution < 1.29 is 5.11 Å². The van der Waals surface area contributed by atoms with Gasteiger partial charge in [-0.2, -0.15) is 0 Å². The van der Waals surface area contributed by atoms with Crippen molar-refractivity contribution in [1.29, 1.82) is 0 Å². The Morgan fingerprint density at radius 3 is 2.54 bits per heavy atom. The first-order valence-corrected chi connectivity index (χ1v) is 8.36. The van der Waals surface area contributed by atoms with E-state index in [0.29, 0.717) is 11.6 Å². The number of nitrogens with two attached hydrogens (primary N) is 1. The molecular weight excluding hydrogens is 326 g/mol. The number of fused-ring (bicyclic) bond motifs is 1. The minimum Gasteiger partial charge on any atom is -0.392 e. The van der Waals surface area contributed by atoms with E-state index in [1.54, 1.807) is 6.20 Å². The van der Waals surface area contributed by atoms with Crippen LogP contribution >= 0.6 is 0 Å². The minimum absolute atomic E-state index is 0.00380. The first kappa shape index (κ1) is 16.2. The van der Waals surface area contributed by atoms with Crippen LogP contribution in [0.2, 0.25) is 0 Å². The lowest BCUT2D eigenvalue weighted by atomic mass is 10.2. The number of hydrogen-bond acceptors (Lipinski definition) is 5. The highest BCUT2D eigenvalue weighted by Crippen LogP contribution is 2.31. The van der Waals surface area contributed by atoms with Crippen LogP contribution < -0.4 is 5.73 Å². The second kappa shape index (κ2) is 6.24. The van der Waals surface area contributed by atoms with Crippen LogP contribution in [0.3, 0.4) is 0 Å².